The Morgan fingerprint density at radius 2 is 1.84 bits per heavy atom. The summed E-state index contributed by atoms with van der Waals surface area (Å²) in [7, 11) is 0. The molecule has 4 heterocycles. The molecular formula is C31H36Cl2FN5O4. The summed E-state index contributed by atoms with van der Waals surface area (Å²) in [6.07, 6.45) is 4.21. The SMILES string of the molecule is CC1(C)CCC2(CC1)NC(C(=O)NC1(C)CC[C@@H](C(N)=O)OC1)C(c1ccnc(Cl)c1F)C21C(=O)Nc2cc(Cl)ccc21. The van der Waals surface area contributed by atoms with E-state index in [1.807, 2.05) is 13.0 Å². The standard InChI is InChI=1S/C31H36Cl2FN5O4/c1-28(2)9-11-30(12-10-28)31(18-5-4-16(32)14-19(18)37-27(31)42)21(17-7-13-36-24(33)22(17)34)23(38-30)26(41)39-29(3)8-6-20(25(35)40)43-15-29/h4-5,7,13-14,20-21,23,38H,6,8-12,15H2,1-3H3,(H2,35,40)(H,37,42)(H,39,41)/t20-,21?,23?,29?,31?/m0/s1. The van der Waals surface area contributed by atoms with Crippen molar-refractivity contribution in [3.8, 4) is 0 Å². The first kappa shape index (κ1) is 30.2. The van der Waals surface area contributed by atoms with Gasteiger partial charge in [0, 0.05) is 28.4 Å². The van der Waals surface area contributed by atoms with Crippen LogP contribution in [0.3, 0.4) is 0 Å². The highest BCUT2D eigenvalue weighted by atomic mass is 35.5. The Morgan fingerprint density at radius 3 is 2.49 bits per heavy atom. The molecule has 3 fully saturated rings. The van der Waals surface area contributed by atoms with Gasteiger partial charge in [-0.2, -0.15) is 0 Å². The van der Waals surface area contributed by atoms with Crippen molar-refractivity contribution in [2.75, 3.05) is 11.9 Å². The minimum Gasteiger partial charge on any atom is -0.367 e. The van der Waals surface area contributed by atoms with Gasteiger partial charge in [-0.1, -0.05) is 43.1 Å². The quantitative estimate of drug-likeness (QED) is 0.371. The molecular weight excluding hydrogens is 596 g/mol. The van der Waals surface area contributed by atoms with Crippen LogP contribution in [0.15, 0.2) is 30.5 Å². The van der Waals surface area contributed by atoms with Crippen molar-refractivity contribution in [1.29, 1.82) is 0 Å². The van der Waals surface area contributed by atoms with Gasteiger partial charge in [-0.05, 0) is 80.2 Å². The van der Waals surface area contributed by atoms with Crippen LogP contribution in [0.25, 0.3) is 0 Å². The lowest BCUT2D eigenvalue weighted by Gasteiger charge is -2.50. The molecule has 3 aliphatic heterocycles. The molecule has 6 rings (SSSR count). The van der Waals surface area contributed by atoms with Crippen molar-refractivity contribution in [3.63, 3.8) is 0 Å². The maximum Gasteiger partial charge on any atom is 0.246 e. The predicted octanol–water partition coefficient (Wildman–Crippen LogP) is 4.35. The number of nitrogens with one attached hydrogen (secondary N) is 3. The number of hydrogen-bond acceptors (Lipinski definition) is 6. The van der Waals surface area contributed by atoms with E-state index in [2.05, 4.69) is 34.8 Å². The van der Waals surface area contributed by atoms with Crippen LogP contribution >= 0.6 is 23.2 Å². The summed E-state index contributed by atoms with van der Waals surface area (Å²) < 4.78 is 21.7. The Labute approximate surface area is 259 Å². The van der Waals surface area contributed by atoms with Crippen molar-refractivity contribution in [1.82, 2.24) is 15.6 Å². The van der Waals surface area contributed by atoms with E-state index in [4.69, 9.17) is 33.7 Å². The Kier molecular flexibility index (Phi) is 7.31. The van der Waals surface area contributed by atoms with Gasteiger partial charge in [-0.25, -0.2) is 9.37 Å². The number of halogens is 3. The van der Waals surface area contributed by atoms with Crippen molar-refractivity contribution < 1.29 is 23.5 Å². The first-order valence-corrected chi connectivity index (χ1v) is 15.4. The highest BCUT2D eigenvalue weighted by Gasteiger charge is 2.73. The lowest BCUT2D eigenvalue weighted by Crippen LogP contribution is -2.62. The monoisotopic (exact) mass is 631 g/mol. The molecule has 12 heteroatoms. The summed E-state index contributed by atoms with van der Waals surface area (Å²) in [5.41, 5.74) is 3.73. The van der Waals surface area contributed by atoms with Crippen LogP contribution in [0, 0.1) is 11.2 Å². The number of aromatic nitrogens is 1. The van der Waals surface area contributed by atoms with Gasteiger partial charge >= 0.3 is 0 Å². The maximum absolute atomic E-state index is 16.1. The minimum absolute atomic E-state index is 0.0248. The van der Waals surface area contributed by atoms with Gasteiger partial charge in [0.2, 0.25) is 17.7 Å². The smallest absolute Gasteiger partial charge is 0.246 e. The second kappa shape index (κ2) is 10.4. The topological polar surface area (TPSA) is 135 Å². The number of hydrogen-bond donors (Lipinski definition) is 4. The molecule has 1 aromatic carbocycles. The number of carbonyl (C=O) groups excluding carboxylic acids is 3. The number of fused-ring (bicyclic) bond motifs is 3. The van der Waals surface area contributed by atoms with Crippen LogP contribution in [0.1, 0.15) is 76.3 Å². The molecule has 2 aromatic rings. The normalized spacial score (nSPS) is 32.4. The van der Waals surface area contributed by atoms with E-state index in [1.54, 1.807) is 12.1 Å². The van der Waals surface area contributed by atoms with Crippen LogP contribution < -0.4 is 21.7 Å². The zero-order valence-electron chi connectivity index (χ0n) is 24.4. The molecule has 5 atom stereocenters. The summed E-state index contributed by atoms with van der Waals surface area (Å²) in [5.74, 6) is -3.03. The number of rotatable bonds is 4. The molecule has 43 heavy (non-hydrogen) atoms. The van der Waals surface area contributed by atoms with Gasteiger partial charge in [0.15, 0.2) is 11.0 Å². The first-order chi connectivity index (χ1) is 20.2. The van der Waals surface area contributed by atoms with Gasteiger partial charge in [-0.15, -0.1) is 0 Å². The van der Waals surface area contributed by atoms with Gasteiger partial charge in [-0.3, -0.25) is 19.7 Å². The number of primary amides is 1. The fourth-order valence-corrected chi connectivity index (χ4v) is 8.25. The highest BCUT2D eigenvalue weighted by Crippen LogP contribution is 2.64. The van der Waals surface area contributed by atoms with Gasteiger partial charge in [0.05, 0.1) is 18.2 Å². The number of anilines is 1. The number of ether oxygens (including phenoxy) is 1. The summed E-state index contributed by atoms with van der Waals surface area (Å²) in [4.78, 5) is 44.6. The largest absolute Gasteiger partial charge is 0.367 e. The molecule has 230 valence electrons. The average Bonchev–Trinajstić information content (AvgIpc) is 3.40. The van der Waals surface area contributed by atoms with Gasteiger partial charge in [0.1, 0.15) is 11.5 Å². The number of nitrogens with two attached hydrogens (primary N) is 1. The van der Waals surface area contributed by atoms with Crippen LogP contribution in [0.2, 0.25) is 10.2 Å². The van der Waals surface area contributed by atoms with Crippen LogP contribution in [-0.4, -0.2) is 52.5 Å². The molecule has 1 aromatic heterocycles. The molecule has 5 N–H and O–H groups in total. The maximum atomic E-state index is 16.1. The van der Waals surface area contributed by atoms with E-state index < -0.39 is 52.2 Å². The summed E-state index contributed by atoms with van der Waals surface area (Å²) in [6, 6.07) is 5.71. The van der Waals surface area contributed by atoms with E-state index in [9.17, 15) is 14.4 Å². The number of amides is 3. The Hall–Kier alpha value is -2.79. The Morgan fingerprint density at radius 1 is 1.12 bits per heavy atom. The lowest BCUT2D eigenvalue weighted by molar-refractivity contribution is -0.137. The van der Waals surface area contributed by atoms with Gasteiger partial charge < -0.3 is 21.1 Å². The van der Waals surface area contributed by atoms with Crippen molar-refractivity contribution in [2.45, 2.75) is 93.9 Å². The van der Waals surface area contributed by atoms with Crippen molar-refractivity contribution >= 4 is 46.6 Å². The van der Waals surface area contributed by atoms with Crippen molar-refractivity contribution in [3.05, 3.63) is 57.6 Å². The minimum atomic E-state index is -1.36. The van der Waals surface area contributed by atoms with E-state index in [-0.39, 0.29) is 28.6 Å². The highest BCUT2D eigenvalue weighted by molar-refractivity contribution is 6.31. The molecule has 2 saturated heterocycles. The number of carbonyl (C=O) groups is 3. The molecule has 1 saturated carbocycles. The zero-order valence-corrected chi connectivity index (χ0v) is 25.9. The fraction of sp³-hybridized carbons (Fsp3) is 0.548. The number of benzene rings is 1. The molecule has 9 nitrogen and oxygen atoms in total. The number of pyridine rings is 1. The van der Waals surface area contributed by atoms with E-state index >= 15 is 4.39 Å². The third-order valence-corrected chi connectivity index (χ3v) is 10.8. The summed E-state index contributed by atoms with van der Waals surface area (Å²) in [5, 5.41) is 9.91. The molecule has 0 bridgehead atoms. The van der Waals surface area contributed by atoms with E-state index in [0.29, 0.717) is 42.0 Å². The molecule has 2 spiro atoms. The third kappa shape index (κ3) is 4.72. The van der Waals surface area contributed by atoms with Gasteiger partial charge in [0.25, 0.3) is 0 Å². The van der Waals surface area contributed by atoms with E-state index in [0.717, 1.165) is 12.8 Å². The fourth-order valence-electron chi connectivity index (χ4n) is 7.92. The molecule has 4 aliphatic rings. The number of nitrogens with zero attached hydrogens (tertiary/aromatic N) is 1. The summed E-state index contributed by atoms with van der Waals surface area (Å²) >= 11 is 12.6. The second-order valence-electron chi connectivity index (χ2n) is 13.6. The third-order valence-electron chi connectivity index (χ3n) is 10.3. The molecule has 3 amide bonds. The first-order valence-electron chi connectivity index (χ1n) is 14.6. The van der Waals surface area contributed by atoms with Crippen LogP contribution in [-0.2, 0) is 24.5 Å². The van der Waals surface area contributed by atoms with Crippen LogP contribution in [0.4, 0.5) is 10.1 Å². The van der Waals surface area contributed by atoms with Crippen LogP contribution in [0.5, 0.6) is 0 Å². The Balaban J connectivity index is 1.51. The predicted molar refractivity (Wildman–Crippen MR) is 160 cm³/mol. The molecule has 1 aliphatic carbocycles. The Bertz CT molecular complexity index is 1500. The van der Waals surface area contributed by atoms with Crippen molar-refractivity contribution in [2.24, 2.45) is 11.1 Å². The second-order valence-corrected chi connectivity index (χ2v) is 14.4. The van der Waals surface area contributed by atoms with E-state index in [1.165, 1.54) is 12.3 Å². The lowest BCUT2D eigenvalue weighted by atomic mass is 9.53. The zero-order chi connectivity index (χ0) is 30.9. The molecule has 4 unspecified atom stereocenters. The summed E-state index contributed by atoms with van der Waals surface area (Å²) in [6.45, 7) is 6.30. The average molecular weight is 633 g/mol. The molecule has 0 radical (unpaired) electrons.